The van der Waals surface area contributed by atoms with E-state index >= 15 is 0 Å². The maximum absolute atomic E-state index is 11.6. The van der Waals surface area contributed by atoms with Gasteiger partial charge in [-0.3, -0.25) is 4.79 Å². The molecule has 0 saturated heterocycles. The Morgan fingerprint density at radius 1 is 1.33 bits per heavy atom. The topological polar surface area (TPSA) is 56.7 Å². The molecule has 0 fully saturated rings. The van der Waals surface area contributed by atoms with E-state index in [1.165, 1.54) is 0 Å². The molecule has 0 aliphatic heterocycles. The number of carbonyl (C=O) groups is 1. The van der Waals surface area contributed by atoms with Crippen molar-refractivity contribution in [1.29, 1.82) is 0 Å². The summed E-state index contributed by atoms with van der Waals surface area (Å²) in [5.74, 6) is -0.221. The molecule has 0 heterocycles. The van der Waals surface area contributed by atoms with Gasteiger partial charge in [-0.25, -0.2) is 0 Å². The molecule has 0 saturated carbocycles. The SMILES string of the molecule is Cc1ccc(C(=O)N[C@@H]([NH3+])C(Cl)Cl)cc1. The normalized spacial score (nSPS) is 12.6. The Hall–Kier alpha value is -0.770. The van der Waals surface area contributed by atoms with Gasteiger partial charge in [-0.2, -0.15) is 0 Å². The molecular weight excluding hydrogens is 235 g/mol. The van der Waals surface area contributed by atoms with Crippen LogP contribution in [0.1, 0.15) is 15.9 Å². The van der Waals surface area contributed by atoms with Crippen LogP contribution in [0.4, 0.5) is 0 Å². The van der Waals surface area contributed by atoms with Crippen LogP contribution in [0.3, 0.4) is 0 Å². The number of hydrogen-bond donors (Lipinski definition) is 2. The van der Waals surface area contributed by atoms with Gasteiger partial charge in [0.15, 0.2) is 11.0 Å². The highest BCUT2D eigenvalue weighted by atomic mass is 35.5. The number of rotatable bonds is 3. The molecule has 82 valence electrons. The molecule has 1 aromatic carbocycles. The van der Waals surface area contributed by atoms with Gasteiger partial charge < -0.3 is 11.1 Å². The fourth-order valence-corrected chi connectivity index (χ4v) is 1.15. The molecule has 0 bridgehead atoms. The molecule has 1 amide bonds. The van der Waals surface area contributed by atoms with Crippen molar-refractivity contribution in [3.8, 4) is 0 Å². The highest BCUT2D eigenvalue weighted by Crippen LogP contribution is 2.05. The lowest BCUT2D eigenvalue weighted by Gasteiger charge is -2.11. The minimum absolute atomic E-state index is 0.221. The second-order valence-corrected chi connectivity index (χ2v) is 4.44. The number of hydrogen-bond acceptors (Lipinski definition) is 1. The summed E-state index contributed by atoms with van der Waals surface area (Å²) in [7, 11) is 0. The van der Waals surface area contributed by atoms with Crippen LogP contribution in [0.5, 0.6) is 0 Å². The lowest BCUT2D eigenvalue weighted by atomic mass is 10.1. The fourth-order valence-electron chi connectivity index (χ4n) is 1.02. The molecule has 0 aliphatic carbocycles. The summed E-state index contributed by atoms with van der Waals surface area (Å²) in [6.07, 6.45) is -0.512. The van der Waals surface area contributed by atoms with E-state index in [0.717, 1.165) is 5.56 Å². The minimum atomic E-state index is -0.709. The zero-order valence-corrected chi connectivity index (χ0v) is 9.85. The molecule has 0 radical (unpaired) electrons. The molecule has 1 rings (SSSR count). The third-order valence-electron chi connectivity index (χ3n) is 1.93. The number of amides is 1. The zero-order chi connectivity index (χ0) is 11.4. The Labute approximate surface area is 98.5 Å². The van der Waals surface area contributed by atoms with Gasteiger partial charge in [0.1, 0.15) is 0 Å². The van der Waals surface area contributed by atoms with Crippen molar-refractivity contribution >= 4 is 29.1 Å². The van der Waals surface area contributed by atoms with Crippen molar-refractivity contribution in [2.45, 2.75) is 17.9 Å². The second kappa shape index (κ2) is 5.35. The van der Waals surface area contributed by atoms with Crippen LogP contribution in [-0.2, 0) is 0 Å². The van der Waals surface area contributed by atoms with Gasteiger partial charge >= 0.3 is 0 Å². The number of halogens is 2. The standard InChI is InChI=1S/C10H12Cl2N2O/c1-6-2-4-7(5-3-6)10(15)14-9(13)8(11)12/h2-5,8-9H,13H2,1H3,(H,14,15)/p+1/t9-/m1/s1. The van der Waals surface area contributed by atoms with Gasteiger partial charge in [-0.1, -0.05) is 40.9 Å². The van der Waals surface area contributed by atoms with Crippen molar-refractivity contribution < 1.29 is 10.5 Å². The van der Waals surface area contributed by atoms with E-state index < -0.39 is 11.0 Å². The molecule has 15 heavy (non-hydrogen) atoms. The molecule has 4 N–H and O–H groups in total. The van der Waals surface area contributed by atoms with E-state index in [9.17, 15) is 4.79 Å². The molecule has 3 nitrogen and oxygen atoms in total. The van der Waals surface area contributed by atoms with Gasteiger partial charge in [0, 0.05) is 5.56 Å². The van der Waals surface area contributed by atoms with Crippen molar-refractivity contribution in [3.63, 3.8) is 0 Å². The van der Waals surface area contributed by atoms with Gasteiger partial charge in [0.05, 0.1) is 0 Å². The Balaban J connectivity index is 2.65. The summed E-state index contributed by atoms with van der Waals surface area (Å²) in [4.78, 5) is 10.9. The first-order valence-electron chi connectivity index (χ1n) is 4.49. The first-order chi connectivity index (χ1) is 7.00. The Kier molecular flexibility index (Phi) is 4.39. The number of alkyl halides is 2. The van der Waals surface area contributed by atoms with Gasteiger partial charge in [0.25, 0.3) is 5.91 Å². The maximum Gasteiger partial charge on any atom is 0.255 e. The van der Waals surface area contributed by atoms with Crippen LogP contribution < -0.4 is 11.1 Å². The number of aryl methyl sites for hydroxylation is 1. The third kappa shape index (κ3) is 3.70. The second-order valence-electron chi connectivity index (χ2n) is 3.28. The van der Waals surface area contributed by atoms with Gasteiger partial charge in [-0.15, -0.1) is 0 Å². The lowest BCUT2D eigenvalue weighted by Crippen LogP contribution is -2.71. The Morgan fingerprint density at radius 3 is 2.33 bits per heavy atom. The van der Waals surface area contributed by atoms with E-state index in [-0.39, 0.29) is 5.91 Å². The molecule has 0 unspecified atom stereocenters. The quantitative estimate of drug-likeness (QED) is 0.610. The molecule has 0 aromatic heterocycles. The molecule has 0 aliphatic rings. The molecule has 1 aromatic rings. The first kappa shape index (κ1) is 12.3. The van der Waals surface area contributed by atoms with Crippen LogP contribution in [-0.4, -0.2) is 16.9 Å². The number of quaternary nitrogens is 1. The Morgan fingerprint density at radius 2 is 1.87 bits per heavy atom. The fraction of sp³-hybridized carbons (Fsp3) is 0.300. The van der Waals surface area contributed by atoms with Crippen molar-refractivity contribution in [2.24, 2.45) is 0 Å². The van der Waals surface area contributed by atoms with Crippen molar-refractivity contribution in [2.75, 3.05) is 0 Å². The number of nitrogens with one attached hydrogen (secondary N) is 1. The van der Waals surface area contributed by atoms with E-state index in [1.54, 1.807) is 12.1 Å². The summed E-state index contributed by atoms with van der Waals surface area (Å²) in [5, 5.41) is 2.60. The molecular formula is C10H13Cl2N2O+. The summed E-state index contributed by atoms with van der Waals surface area (Å²) in [5.41, 5.74) is 5.30. The number of benzene rings is 1. The summed E-state index contributed by atoms with van der Waals surface area (Å²) >= 11 is 11.1. The molecule has 1 atom stereocenters. The minimum Gasteiger partial charge on any atom is -0.336 e. The van der Waals surface area contributed by atoms with Crippen LogP contribution in [0.2, 0.25) is 0 Å². The van der Waals surface area contributed by atoms with Gasteiger partial charge in [0.2, 0.25) is 0 Å². The summed E-state index contributed by atoms with van der Waals surface area (Å²) < 4.78 is 0. The number of carbonyl (C=O) groups excluding carboxylic acids is 1. The summed E-state index contributed by atoms with van der Waals surface area (Å²) in [6, 6.07) is 7.22. The summed E-state index contributed by atoms with van der Waals surface area (Å²) in [6.45, 7) is 1.96. The average molecular weight is 248 g/mol. The van der Waals surface area contributed by atoms with E-state index in [2.05, 4.69) is 11.1 Å². The Bertz CT molecular complexity index is 338. The average Bonchev–Trinajstić information content (AvgIpc) is 2.18. The zero-order valence-electron chi connectivity index (χ0n) is 8.34. The van der Waals surface area contributed by atoms with Crippen LogP contribution in [0.15, 0.2) is 24.3 Å². The van der Waals surface area contributed by atoms with E-state index in [1.807, 2.05) is 19.1 Å². The largest absolute Gasteiger partial charge is 0.336 e. The highest BCUT2D eigenvalue weighted by molar-refractivity contribution is 6.44. The monoisotopic (exact) mass is 247 g/mol. The molecule has 0 spiro atoms. The van der Waals surface area contributed by atoms with Crippen LogP contribution in [0, 0.1) is 6.92 Å². The smallest absolute Gasteiger partial charge is 0.255 e. The maximum atomic E-state index is 11.6. The highest BCUT2D eigenvalue weighted by Gasteiger charge is 2.18. The van der Waals surface area contributed by atoms with Crippen molar-refractivity contribution in [3.05, 3.63) is 35.4 Å². The predicted octanol–water partition coefficient (Wildman–Crippen LogP) is 1.10. The van der Waals surface area contributed by atoms with Crippen molar-refractivity contribution in [1.82, 2.24) is 5.32 Å². The third-order valence-corrected chi connectivity index (χ3v) is 2.54. The van der Waals surface area contributed by atoms with Gasteiger partial charge in [-0.05, 0) is 19.1 Å². The predicted molar refractivity (Wildman–Crippen MR) is 60.8 cm³/mol. The van der Waals surface area contributed by atoms with E-state index in [4.69, 9.17) is 23.2 Å². The first-order valence-corrected chi connectivity index (χ1v) is 5.37. The van der Waals surface area contributed by atoms with Crippen LogP contribution in [0.25, 0.3) is 0 Å². The van der Waals surface area contributed by atoms with E-state index in [0.29, 0.717) is 5.56 Å². The lowest BCUT2D eigenvalue weighted by molar-refractivity contribution is -0.420. The van der Waals surface area contributed by atoms with Crippen LogP contribution >= 0.6 is 23.2 Å². The molecule has 5 heteroatoms.